The van der Waals surface area contributed by atoms with Gasteiger partial charge in [-0.05, 0) is 56.0 Å². The molecule has 1 N–H and O–H groups in total. The fourth-order valence-electron chi connectivity index (χ4n) is 4.17. The maximum Gasteiger partial charge on any atom is 0.321 e. The van der Waals surface area contributed by atoms with Crippen molar-refractivity contribution in [2.75, 3.05) is 5.32 Å². The molecule has 2 aromatic heterocycles. The normalized spacial score (nSPS) is 13.1. The molecule has 5 rings (SSSR count). The Morgan fingerprint density at radius 3 is 2.61 bits per heavy atom. The first-order chi connectivity index (χ1) is 16.2. The standard InChI is InChI=1S/C26H25N5O2/c1-18-17-20(33-26-27-14-8-15-28-26)12-13-21(18)29-25(32)23-22-11-6-3-7-16-31(22)24(30-23)19-9-4-2-5-10-19/h2,4-5,8-10,12-15,17H,3,6-7,11,16H2,1H3,(H,29,32). The lowest BCUT2D eigenvalue weighted by molar-refractivity contribution is 0.102. The quantitative estimate of drug-likeness (QED) is 0.449. The number of hydrogen-bond acceptors (Lipinski definition) is 5. The summed E-state index contributed by atoms with van der Waals surface area (Å²) in [5, 5.41) is 3.05. The average molecular weight is 440 g/mol. The van der Waals surface area contributed by atoms with Gasteiger partial charge in [0.25, 0.3) is 5.91 Å². The molecular weight excluding hydrogens is 414 g/mol. The number of rotatable bonds is 5. The second kappa shape index (κ2) is 9.24. The monoisotopic (exact) mass is 439 g/mol. The molecule has 0 fully saturated rings. The summed E-state index contributed by atoms with van der Waals surface area (Å²) in [4.78, 5) is 26.3. The van der Waals surface area contributed by atoms with Gasteiger partial charge in [0, 0.05) is 30.2 Å². The van der Waals surface area contributed by atoms with Crippen molar-refractivity contribution in [2.24, 2.45) is 0 Å². The summed E-state index contributed by atoms with van der Waals surface area (Å²) in [6.07, 6.45) is 7.42. The van der Waals surface area contributed by atoms with Crippen LogP contribution in [0, 0.1) is 6.92 Å². The first-order valence-corrected chi connectivity index (χ1v) is 11.2. The number of hydrogen-bond donors (Lipinski definition) is 1. The van der Waals surface area contributed by atoms with Crippen LogP contribution in [-0.2, 0) is 13.0 Å². The lowest BCUT2D eigenvalue weighted by atomic mass is 10.1. The molecule has 0 unspecified atom stereocenters. The van der Waals surface area contributed by atoms with Gasteiger partial charge in [-0.25, -0.2) is 15.0 Å². The maximum absolute atomic E-state index is 13.3. The average Bonchev–Trinajstić information content (AvgIpc) is 3.03. The van der Waals surface area contributed by atoms with Crippen molar-refractivity contribution in [1.29, 1.82) is 0 Å². The molecule has 0 spiro atoms. The number of carbonyl (C=O) groups is 1. The van der Waals surface area contributed by atoms with Gasteiger partial charge in [0.1, 0.15) is 17.3 Å². The van der Waals surface area contributed by atoms with Gasteiger partial charge < -0.3 is 14.6 Å². The summed E-state index contributed by atoms with van der Waals surface area (Å²) in [6.45, 7) is 2.81. The zero-order valence-corrected chi connectivity index (χ0v) is 18.5. The number of imidazole rings is 1. The molecule has 0 bridgehead atoms. The molecule has 2 aromatic carbocycles. The highest BCUT2D eigenvalue weighted by molar-refractivity contribution is 6.04. The van der Waals surface area contributed by atoms with Crippen molar-refractivity contribution >= 4 is 11.6 Å². The van der Waals surface area contributed by atoms with Gasteiger partial charge in [-0.3, -0.25) is 4.79 Å². The van der Waals surface area contributed by atoms with Gasteiger partial charge in [-0.2, -0.15) is 0 Å². The second-order valence-corrected chi connectivity index (χ2v) is 8.12. The highest BCUT2D eigenvalue weighted by Crippen LogP contribution is 2.29. The van der Waals surface area contributed by atoms with E-state index in [1.165, 1.54) is 0 Å². The van der Waals surface area contributed by atoms with Gasteiger partial charge in [0.15, 0.2) is 0 Å². The Kier molecular flexibility index (Phi) is 5.85. The topological polar surface area (TPSA) is 81.9 Å². The number of aryl methyl sites for hydroxylation is 1. The predicted molar refractivity (Wildman–Crippen MR) is 126 cm³/mol. The lowest BCUT2D eigenvalue weighted by Gasteiger charge is -2.11. The largest absolute Gasteiger partial charge is 0.424 e. The van der Waals surface area contributed by atoms with E-state index in [-0.39, 0.29) is 11.9 Å². The van der Waals surface area contributed by atoms with Gasteiger partial charge >= 0.3 is 6.01 Å². The summed E-state index contributed by atoms with van der Waals surface area (Å²) in [7, 11) is 0. The molecule has 1 aliphatic rings. The zero-order valence-electron chi connectivity index (χ0n) is 18.5. The van der Waals surface area contributed by atoms with E-state index in [0.717, 1.165) is 60.6 Å². The smallest absolute Gasteiger partial charge is 0.321 e. The van der Waals surface area contributed by atoms with E-state index in [2.05, 4.69) is 19.9 Å². The van der Waals surface area contributed by atoms with E-state index in [4.69, 9.17) is 9.72 Å². The van der Waals surface area contributed by atoms with Crippen molar-refractivity contribution in [3.05, 3.63) is 83.9 Å². The van der Waals surface area contributed by atoms with E-state index in [1.54, 1.807) is 24.5 Å². The number of ether oxygens (including phenoxy) is 1. The summed E-state index contributed by atoms with van der Waals surface area (Å²) >= 11 is 0. The van der Waals surface area contributed by atoms with Crippen LogP contribution in [0.2, 0.25) is 0 Å². The number of amides is 1. The Bertz CT molecular complexity index is 1270. The van der Waals surface area contributed by atoms with E-state index < -0.39 is 0 Å². The minimum atomic E-state index is -0.189. The van der Waals surface area contributed by atoms with Crippen molar-refractivity contribution < 1.29 is 9.53 Å². The lowest BCUT2D eigenvalue weighted by Crippen LogP contribution is -2.16. The van der Waals surface area contributed by atoms with E-state index in [9.17, 15) is 4.79 Å². The van der Waals surface area contributed by atoms with Crippen molar-refractivity contribution in [3.8, 4) is 23.1 Å². The molecule has 4 aromatic rings. The molecule has 7 heteroatoms. The van der Waals surface area contributed by atoms with Gasteiger partial charge in [-0.15, -0.1) is 0 Å². The molecule has 0 saturated heterocycles. The third kappa shape index (κ3) is 4.48. The minimum absolute atomic E-state index is 0.189. The van der Waals surface area contributed by atoms with E-state index in [0.29, 0.717) is 11.4 Å². The maximum atomic E-state index is 13.3. The Morgan fingerprint density at radius 2 is 1.82 bits per heavy atom. The Hall–Kier alpha value is -4.00. The van der Waals surface area contributed by atoms with Gasteiger partial charge in [0.2, 0.25) is 0 Å². The number of anilines is 1. The van der Waals surface area contributed by atoms with Gasteiger partial charge in [-0.1, -0.05) is 36.8 Å². The van der Waals surface area contributed by atoms with Crippen LogP contribution >= 0.6 is 0 Å². The molecule has 7 nitrogen and oxygen atoms in total. The van der Waals surface area contributed by atoms with Crippen LogP contribution in [0.5, 0.6) is 11.8 Å². The fourth-order valence-corrected chi connectivity index (χ4v) is 4.17. The molecule has 1 aliphatic heterocycles. The van der Waals surface area contributed by atoms with E-state index in [1.807, 2.05) is 49.4 Å². The molecule has 0 atom stereocenters. The number of benzene rings is 2. The number of fused-ring (bicyclic) bond motifs is 1. The zero-order chi connectivity index (χ0) is 22.6. The molecular formula is C26H25N5O2. The second-order valence-electron chi connectivity index (χ2n) is 8.12. The van der Waals surface area contributed by atoms with Crippen molar-refractivity contribution in [2.45, 2.75) is 39.2 Å². The number of aromatic nitrogens is 4. The summed E-state index contributed by atoms with van der Waals surface area (Å²) in [5.74, 6) is 1.28. The molecule has 0 saturated carbocycles. The fraction of sp³-hybridized carbons (Fsp3) is 0.231. The van der Waals surface area contributed by atoms with Crippen LogP contribution in [0.15, 0.2) is 67.0 Å². The van der Waals surface area contributed by atoms with Crippen LogP contribution in [0.3, 0.4) is 0 Å². The summed E-state index contributed by atoms with van der Waals surface area (Å²) in [6, 6.07) is 17.6. The minimum Gasteiger partial charge on any atom is -0.424 e. The number of nitrogens with zero attached hydrogens (tertiary/aromatic N) is 4. The van der Waals surface area contributed by atoms with Gasteiger partial charge in [0.05, 0.1) is 5.69 Å². The van der Waals surface area contributed by atoms with Crippen molar-refractivity contribution in [1.82, 2.24) is 19.5 Å². The predicted octanol–water partition coefficient (Wildman–Crippen LogP) is 5.42. The molecule has 166 valence electrons. The van der Waals surface area contributed by atoms with Crippen molar-refractivity contribution in [3.63, 3.8) is 0 Å². The molecule has 33 heavy (non-hydrogen) atoms. The highest BCUT2D eigenvalue weighted by atomic mass is 16.5. The third-order valence-corrected chi connectivity index (χ3v) is 5.81. The SMILES string of the molecule is Cc1cc(Oc2ncccn2)ccc1NC(=O)c1nc(-c2ccccc2)n2c1CCCCC2. The molecule has 0 aliphatic carbocycles. The molecule has 0 radical (unpaired) electrons. The molecule has 1 amide bonds. The first kappa shape index (κ1) is 20.9. The van der Waals surface area contributed by atoms with Crippen LogP contribution in [0.25, 0.3) is 11.4 Å². The summed E-state index contributed by atoms with van der Waals surface area (Å²) < 4.78 is 7.92. The number of carbonyl (C=O) groups excluding carboxylic acids is 1. The van der Waals surface area contributed by atoms with Crippen LogP contribution < -0.4 is 10.1 Å². The third-order valence-electron chi connectivity index (χ3n) is 5.81. The summed E-state index contributed by atoms with van der Waals surface area (Å²) in [5.41, 5.74) is 4.15. The Morgan fingerprint density at radius 1 is 1.00 bits per heavy atom. The number of nitrogens with one attached hydrogen (secondary N) is 1. The van der Waals surface area contributed by atoms with Crippen LogP contribution in [0.4, 0.5) is 5.69 Å². The Labute approximate surface area is 192 Å². The first-order valence-electron chi connectivity index (χ1n) is 11.2. The van der Waals surface area contributed by atoms with Crippen LogP contribution in [0.1, 0.15) is 41.0 Å². The highest BCUT2D eigenvalue weighted by Gasteiger charge is 2.24. The van der Waals surface area contributed by atoms with Crippen LogP contribution in [-0.4, -0.2) is 25.4 Å². The van der Waals surface area contributed by atoms with E-state index >= 15 is 0 Å². The molecule has 3 heterocycles. The Balaban J connectivity index is 1.41.